The Morgan fingerprint density at radius 3 is 2.73 bits per heavy atom. The Kier molecular flexibility index (Phi) is 5.17. The highest BCUT2D eigenvalue weighted by atomic mass is 16.5. The zero-order chi connectivity index (χ0) is 23.1. The number of amides is 1. The number of fused-ring (bicyclic) bond motifs is 1. The van der Waals surface area contributed by atoms with E-state index in [1.54, 1.807) is 43.5 Å². The van der Waals surface area contributed by atoms with Crippen molar-refractivity contribution in [2.45, 2.75) is 32.0 Å². The number of furan rings is 1. The van der Waals surface area contributed by atoms with Gasteiger partial charge in [-0.3, -0.25) is 9.59 Å². The van der Waals surface area contributed by atoms with Crippen molar-refractivity contribution < 1.29 is 28.6 Å². The molecule has 1 aromatic heterocycles. The second-order valence-corrected chi connectivity index (χ2v) is 8.21. The third-order valence-electron chi connectivity index (χ3n) is 6.06. The van der Waals surface area contributed by atoms with Crippen LogP contribution in [0.25, 0.3) is 5.76 Å². The molecule has 0 aliphatic carbocycles. The van der Waals surface area contributed by atoms with Crippen LogP contribution in [0.15, 0.2) is 70.9 Å². The number of carbonyl (C=O) groups is 2. The van der Waals surface area contributed by atoms with Crippen molar-refractivity contribution in [2.75, 3.05) is 7.11 Å². The maximum atomic E-state index is 13.2. The monoisotopic (exact) mass is 445 g/mol. The first-order valence-electron chi connectivity index (χ1n) is 10.7. The van der Waals surface area contributed by atoms with Gasteiger partial charge >= 0.3 is 0 Å². The number of methoxy groups -OCH3 is 1. The highest BCUT2D eigenvalue weighted by Gasteiger charge is 2.47. The summed E-state index contributed by atoms with van der Waals surface area (Å²) in [5.41, 5.74) is 2.14. The van der Waals surface area contributed by atoms with Gasteiger partial charge in [-0.05, 0) is 48.9 Å². The van der Waals surface area contributed by atoms with E-state index in [1.807, 2.05) is 25.1 Å². The number of carbonyl (C=O) groups excluding carboxylic acids is 2. The SMILES string of the molecule is COc1ccccc1CN1C(=O)C(=O)/C(=C(\O)c2ccc3c(c2)CC(C)O3)C1c1ccco1. The summed E-state index contributed by atoms with van der Waals surface area (Å²) in [7, 11) is 1.55. The molecule has 0 bridgehead atoms. The number of aliphatic hydroxyl groups excluding tert-OH is 1. The molecule has 0 radical (unpaired) electrons. The first-order chi connectivity index (χ1) is 16.0. The van der Waals surface area contributed by atoms with Crippen LogP contribution in [-0.2, 0) is 22.6 Å². The summed E-state index contributed by atoms with van der Waals surface area (Å²) in [6, 6.07) is 15.1. The van der Waals surface area contributed by atoms with E-state index in [9.17, 15) is 14.7 Å². The molecule has 7 nitrogen and oxygen atoms in total. The van der Waals surface area contributed by atoms with Gasteiger partial charge in [0.25, 0.3) is 11.7 Å². The van der Waals surface area contributed by atoms with Gasteiger partial charge in [0.1, 0.15) is 35.2 Å². The molecule has 3 aromatic rings. The van der Waals surface area contributed by atoms with Crippen molar-refractivity contribution in [2.24, 2.45) is 0 Å². The van der Waals surface area contributed by atoms with Gasteiger partial charge in [-0.1, -0.05) is 18.2 Å². The van der Waals surface area contributed by atoms with Gasteiger partial charge in [0.15, 0.2) is 0 Å². The Bertz CT molecular complexity index is 1260. The van der Waals surface area contributed by atoms with E-state index in [1.165, 1.54) is 11.2 Å². The summed E-state index contributed by atoms with van der Waals surface area (Å²) in [5.74, 6) is 0.0582. The molecule has 2 unspecified atom stereocenters. The molecule has 2 aliphatic heterocycles. The number of nitrogens with zero attached hydrogens (tertiary/aromatic N) is 1. The van der Waals surface area contributed by atoms with Crippen LogP contribution in [0.5, 0.6) is 11.5 Å². The van der Waals surface area contributed by atoms with Crippen LogP contribution in [0.1, 0.15) is 35.4 Å². The Labute approximate surface area is 190 Å². The van der Waals surface area contributed by atoms with Gasteiger partial charge < -0.3 is 23.9 Å². The second kappa shape index (κ2) is 8.16. The number of aliphatic hydroxyl groups is 1. The van der Waals surface area contributed by atoms with Gasteiger partial charge in [-0.25, -0.2) is 0 Å². The maximum absolute atomic E-state index is 13.2. The minimum Gasteiger partial charge on any atom is -0.507 e. The molecule has 5 rings (SSSR count). The largest absolute Gasteiger partial charge is 0.507 e. The van der Waals surface area contributed by atoms with Gasteiger partial charge in [0.05, 0.1) is 25.5 Å². The number of Topliss-reactive ketones (excluding diaryl/α,β-unsaturated/α-hetero) is 1. The Morgan fingerprint density at radius 1 is 1.15 bits per heavy atom. The summed E-state index contributed by atoms with van der Waals surface area (Å²) in [5, 5.41) is 11.2. The average Bonchev–Trinajstić information content (AvgIpc) is 3.53. The number of benzene rings is 2. The topological polar surface area (TPSA) is 89.2 Å². The molecule has 1 N–H and O–H groups in total. The van der Waals surface area contributed by atoms with E-state index in [4.69, 9.17) is 13.9 Å². The lowest BCUT2D eigenvalue weighted by atomic mass is 9.97. The predicted molar refractivity (Wildman–Crippen MR) is 120 cm³/mol. The molecule has 168 valence electrons. The fraction of sp³-hybridized carbons (Fsp3) is 0.231. The highest BCUT2D eigenvalue weighted by molar-refractivity contribution is 6.46. The lowest BCUT2D eigenvalue weighted by Crippen LogP contribution is -2.29. The zero-order valence-electron chi connectivity index (χ0n) is 18.3. The Hall–Kier alpha value is -4.00. The van der Waals surface area contributed by atoms with E-state index < -0.39 is 17.7 Å². The standard InChI is InChI=1S/C26H23NO6/c1-15-12-18-13-16(9-10-20(18)33-15)24(28)22-23(21-8-5-11-32-21)27(26(30)25(22)29)14-17-6-3-4-7-19(17)31-2/h3-11,13,15,23,28H,12,14H2,1-2H3/b24-22-. The van der Waals surface area contributed by atoms with Crippen molar-refractivity contribution in [3.05, 3.63) is 88.9 Å². The fourth-order valence-corrected chi connectivity index (χ4v) is 4.53. The molecule has 0 spiro atoms. The third-order valence-corrected chi connectivity index (χ3v) is 6.06. The van der Waals surface area contributed by atoms with E-state index in [2.05, 4.69) is 0 Å². The quantitative estimate of drug-likeness (QED) is 0.359. The van der Waals surface area contributed by atoms with Crippen molar-refractivity contribution in [3.8, 4) is 11.5 Å². The summed E-state index contributed by atoms with van der Waals surface area (Å²) in [4.78, 5) is 27.7. The molecular weight excluding hydrogens is 422 g/mol. The molecule has 2 aliphatic rings. The number of hydrogen-bond acceptors (Lipinski definition) is 6. The molecule has 1 fully saturated rings. The molecular formula is C26H23NO6. The molecule has 3 heterocycles. The molecule has 1 saturated heterocycles. The van der Waals surface area contributed by atoms with Gasteiger partial charge in [0.2, 0.25) is 0 Å². The molecule has 2 aromatic carbocycles. The van der Waals surface area contributed by atoms with Crippen molar-refractivity contribution >= 4 is 17.4 Å². The molecule has 0 saturated carbocycles. The van der Waals surface area contributed by atoms with Crippen LogP contribution in [0.3, 0.4) is 0 Å². The Balaban J connectivity index is 1.60. The van der Waals surface area contributed by atoms with Crippen molar-refractivity contribution in [3.63, 3.8) is 0 Å². The predicted octanol–water partition coefficient (Wildman–Crippen LogP) is 4.23. The lowest BCUT2D eigenvalue weighted by Gasteiger charge is -2.24. The van der Waals surface area contributed by atoms with Gasteiger partial charge in [-0.2, -0.15) is 0 Å². The van der Waals surface area contributed by atoms with Crippen LogP contribution >= 0.6 is 0 Å². The van der Waals surface area contributed by atoms with E-state index in [0.29, 0.717) is 23.5 Å². The van der Waals surface area contributed by atoms with Crippen LogP contribution < -0.4 is 9.47 Å². The minimum absolute atomic E-state index is 0.00300. The van der Waals surface area contributed by atoms with Gasteiger partial charge in [-0.15, -0.1) is 0 Å². The first kappa shape index (κ1) is 20.9. The number of para-hydroxylation sites is 1. The average molecular weight is 445 g/mol. The van der Waals surface area contributed by atoms with Gasteiger partial charge in [0, 0.05) is 17.5 Å². The zero-order valence-corrected chi connectivity index (χ0v) is 18.3. The minimum atomic E-state index is -0.867. The molecule has 1 amide bonds. The smallest absolute Gasteiger partial charge is 0.296 e. The van der Waals surface area contributed by atoms with Crippen molar-refractivity contribution in [1.29, 1.82) is 0 Å². The molecule has 7 heteroatoms. The normalized spacial score (nSPS) is 21.2. The van der Waals surface area contributed by atoms with Crippen LogP contribution in [0.4, 0.5) is 0 Å². The van der Waals surface area contributed by atoms with E-state index in [0.717, 1.165) is 16.9 Å². The lowest BCUT2D eigenvalue weighted by molar-refractivity contribution is -0.140. The second-order valence-electron chi connectivity index (χ2n) is 8.21. The first-order valence-corrected chi connectivity index (χ1v) is 10.7. The number of rotatable bonds is 5. The van der Waals surface area contributed by atoms with E-state index >= 15 is 0 Å². The van der Waals surface area contributed by atoms with E-state index in [-0.39, 0.29) is 24.0 Å². The maximum Gasteiger partial charge on any atom is 0.296 e. The highest BCUT2D eigenvalue weighted by Crippen LogP contribution is 2.42. The number of ketones is 1. The summed E-state index contributed by atoms with van der Waals surface area (Å²) in [6.07, 6.45) is 2.24. The number of hydrogen-bond donors (Lipinski definition) is 1. The number of ether oxygens (including phenoxy) is 2. The van der Waals surface area contributed by atoms with Crippen LogP contribution in [0, 0.1) is 0 Å². The Morgan fingerprint density at radius 2 is 1.97 bits per heavy atom. The molecule has 2 atom stereocenters. The summed E-state index contributed by atoms with van der Waals surface area (Å²) < 4.78 is 16.8. The third kappa shape index (κ3) is 3.55. The summed E-state index contributed by atoms with van der Waals surface area (Å²) >= 11 is 0. The fourth-order valence-electron chi connectivity index (χ4n) is 4.53. The summed E-state index contributed by atoms with van der Waals surface area (Å²) in [6.45, 7) is 2.09. The number of likely N-dealkylation sites (tertiary alicyclic amines) is 1. The van der Waals surface area contributed by atoms with Crippen molar-refractivity contribution in [1.82, 2.24) is 4.90 Å². The van der Waals surface area contributed by atoms with Crippen LogP contribution in [-0.4, -0.2) is 34.9 Å². The molecule has 33 heavy (non-hydrogen) atoms. The van der Waals surface area contributed by atoms with Crippen LogP contribution in [0.2, 0.25) is 0 Å².